The second-order valence-corrected chi connectivity index (χ2v) is 9.08. The molecule has 0 bridgehead atoms. The van der Waals surface area contributed by atoms with Crippen LogP contribution in [0.2, 0.25) is 4.20 Å². The molecule has 0 saturated heterocycles. The summed E-state index contributed by atoms with van der Waals surface area (Å²) in [6.07, 6.45) is 11.0. The monoisotopic (exact) mass is 368 g/mol. The average Bonchev–Trinajstić information content (AvgIpc) is 2.57. The standard InChI is InChI=1S/C19H33AsO2/c1-2-3-4-5-6-7-8-17-9-11-18(12-10-17)13-14-19(20,15-21)16-22/h9-12,21-22H,2-8,13-16,20H2,1H3. The summed E-state index contributed by atoms with van der Waals surface area (Å²) >= 11 is 1.44. The molecule has 0 saturated carbocycles. The van der Waals surface area contributed by atoms with Crippen molar-refractivity contribution >= 4 is 16.9 Å². The number of hydrogen-bond acceptors (Lipinski definition) is 2. The Hall–Kier alpha value is -0.302. The van der Waals surface area contributed by atoms with Gasteiger partial charge < -0.3 is 0 Å². The van der Waals surface area contributed by atoms with Crippen LogP contribution in [0.4, 0.5) is 0 Å². The number of unbranched alkanes of at least 4 members (excludes halogenated alkanes) is 5. The van der Waals surface area contributed by atoms with Gasteiger partial charge in [0.15, 0.2) is 0 Å². The summed E-state index contributed by atoms with van der Waals surface area (Å²) in [6.45, 7) is 2.39. The molecule has 0 fully saturated rings. The van der Waals surface area contributed by atoms with Gasteiger partial charge in [0.2, 0.25) is 0 Å². The molecule has 1 aromatic rings. The van der Waals surface area contributed by atoms with E-state index >= 15 is 0 Å². The third kappa shape index (κ3) is 7.81. The van der Waals surface area contributed by atoms with Gasteiger partial charge in [0.05, 0.1) is 0 Å². The van der Waals surface area contributed by atoms with Crippen molar-refractivity contribution in [1.29, 1.82) is 0 Å². The van der Waals surface area contributed by atoms with Crippen molar-refractivity contribution in [1.82, 2.24) is 0 Å². The minimum atomic E-state index is -0.301. The van der Waals surface area contributed by atoms with Crippen molar-refractivity contribution in [3.05, 3.63) is 35.4 Å². The Morgan fingerprint density at radius 1 is 0.818 bits per heavy atom. The molecule has 0 aromatic heterocycles. The van der Waals surface area contributed by atoms with Gasteiger partial charge in [0.1, 0.15) is 0 Å². The number of aliphatic hydroxyl groups excluding tert-OH is 2. The summed E-state index contributed by atoms with van der Waals surface area (Å²) in [4.78, 5) is 0. The Bertz CT molecular complexity index is 385. The summed E-state index contributed by atoms with van der Waals surface area (Å²) in [5, 5.41) is 18.7. The predicted octanol–water partition coefficient (Wildman–Crippen LogP) is 3.30. The van der Waals surface area contributed by atoms with Crippen LogP contribution in [-0.2, 0) is 12.8 Å². The molecule has 0 amide bonds. The van der Waals surface area contributed by atoms with Crippen LogP contribution in [0.25, 0.3) is 0 Å². The molecule has 0 spiro atoms. The molecule has 1 unspecified atom stereocenters. The number of rotatable bonds is 12. The van der Waals surface area contributed by atoms with Crippen molar-refractivity contribution in [2.24, 2.45) is 0 Å². The number of aliphatic hydroxyl groups is 2. The Kier molecular flexibility index (Phi) is 10.1. The number of aryl methyl sites for hydroxylation is 2. The van der Waals surface area contributed by atoms with E-state index < -0.39 is 0 Å². The fourth-order valence-corrected chi connectivity index (χ4v) is 2.89. The fraction of sp³-hybridized carbons (Fsp3) is 0.684. The number of hydrogen-bond donors (Lipinski definition) is 2. The molecule has 1 aromatic carbocycles. The van der Waals surface area contributed by atoms with Gasteiger partial charge in [0.25, 0.3) is 0 Å². The molecule has 2 nitrogen and oxygen atoms in total. The van der Waals surface area contributed by atoms with Crippen molar-refractivity contribution < 1.29 is 10.2 Å². The summed E-state index contributed by atoms with van der Waals surface area (Å²) in [5.74, 6) is 0. The van der Waals surface area contributed by atoms with E-state index in [0.717, 1.165) is 12.8 Å². The molecule has 22 heavy (non-hydrogen) atoms. The van der Waals surface area contributed by atoms with Crippen molar-refractivity contribution in [3.63, 3.8) is 0 Å². The zero-order valence-corrected chi connectivity index (χ0v) is 16.5. The number of benzene rings is 1. The van der Waals surface area contributed by atoms with Crippen molar-refractivity contribution in [2.45, 2.75) is 68.9 Å². The van der Waals surface area contributed by atoms with Gasteiger partial charge in [-0.15, -0.1) is 0 Å². The molecular weight excluding hydrogens is 335 g/mol. The Labute approximate surface area is 144 Å². The van der Waals surface area contributed by atoms with E-state index in [-0.39, 0.29) is 17.4 Å². The first kappa shape index (κ1) is 19.7. The first-order valence-electron chi connectivity index (χ1n) is 8.72. The van der Waals surface area contributed by atoms with E-state index in [2.05, 4.69) is 31.2 Å². The summed E-state index contributed by atoms with van der Waals surface area (Å²) < 4.78 is -0.301. The zero-order chi connectivity index (χ0) is 16.3. The molecule has 0 aliphatic rings. The van der Waals surface area contributed by atoms with Crippen molar-refractivity contribution in [2.75, 3.05) is 13.2 Å². The summed E-state index contributed by atoms with van der Waals surface area (Å²) in [6, 6.07) is 8.88. The van der Waals surface area contributed by atoms with E-state index in [4.69, 9.17) is 0 Å². The van der Waals surface area contributed by atoms with Crippen LogP contribution in [0.1, 0.15) is 63.0 Å². The van der Waals surface area contributed by atoms with Gasteiger partial charge in [0, 0.05) is 0 Å². The van der Waals surface area contributed by atoms with E-state index in [1.807, 2.05) is 0 Å². The van der Waals surface area contributed by atoms with Gasteiger partial charge in [-0.05, 0) is 0 Å². The van der Waals surface area contributed by atoms with E-state index in [1.54, 1.807) is 0 Å². The van der Waals surface area contributed by atoms with Crippen LogP contribution in [-0.4, -0.2) is 40.3 Å². The molecular formula is C19H33AsO2. The van der Waals surface area contributed by atoms with Crippen LogP contribution < -0.4 is 0 Å². The second kappa shape index (κ2) is 11.3. The Morgan fingerprint density at radius 2 is 1.32 bits per heavy atom. The summed E-state index contributed by atoms with van der Waals surface area (Å²) in [7, 11) is 0. The molecule has 3 heteroatoms. The van der Waals surface area contributed by atoms with Crippen molar-refractivity contribution in [3.8, 4) is 0 Å². The van der Waals surface area contributed by atoms with Gasteiger partial charge in [-0.3, -0.25) is 0 Å². The maximum absolute atomic E-state index is 9.34. The molecule has 1 atom stereocenters. The molecule has 2 N–H and O–H groups in total. The predicted molar refractivity (Wildman–Crippen MR) is 97.3 cm³/mol. The quantitative estimate of drug-likeness (QED) is 0.439. The maximum atomic E-state index is 9.34. The Balaban J connectivity index is 2.28. The second-order valence-electron chi connectivity index (χ2n) is 6.51. The van der Waals surface area contributed by atoms with Crippen LogP contribution >= 0.6 is 0 Å². The molecule has 1 rings (SSSR count). The van der Waals surface area contributed by atoms with Gasteiger partial charge in [-0.2, -0.15) is 0 Å². The van der Waals surface area contributed by atoms with Gasteiger partial charge >= 0.3 is 125 Å². The van der Waals surface area contributed by atoms with Gasteiger partial charge in [-0.1, -0.05) is 19.8 Å². The molecule has 126 valence electrons. The topological polar surface area (TPSA) is 40.5 Å². The molecule has 0 aliphatic carbocycles. The first-order valence-corrected chi connectivity index (χ1v) is 9.93. The van der Waals surface area contributed by atoms with Crippen LogP contribution in [0, 0.1) is 0 Å². The average molecular weight is 368 g/mol. The molecule has 0 aliphatic heterocycles. The minimum absolute atomic E-state index is 0.0691. The van der Waals surface area contributed by atoms with Crippen LogP contribution in [0.15, 0.2) is 24.3 Å². The fourth-order valence-electron chi connectivity index (χ4n) is 2.58. The first-order chi connectivity index (χ1) is 10.6. The molecule has 0 heterocycles. The van der Waals surface area contributed by atoms with Gasteiger partial charge in [-0.25, -0.2) is 0 Å². The summed E-state index contributed by atoms with van der Waals surface area (Å²) in [5.41, 5.74) is 2.73. The Morgan fingerprint density at radius 3 is 1.86 bits per heavy atom. The third-order valence-corrected chi connectivity index (χ3v) is 5.76. The van der Waals surface area contributed by atoms with E-state index in [1.165, 1.54) is 72.9 Å². The third-order valence-electron chi connectivity index (χ3n) is 4.38. The van der Waals surface area contributed by atoms with E-state index in [0.29, 0.717) is 0 Å². The van der Waals surface area contributed by atoms with E-state index in [9.17, 15) is 10.2 Å². The SMILES string of the molecule is CCCCCCCCc1ccc(CCC([AsH2])(CO)CO)cc1. The van der Waals surface area contributed by atoms with Crippen LogP contribution in [0.5, 0.6) is 0 Å². The normalized spacial score (nSPS) is 11.8. The molecule has 0 radical (unpaired) electrons. The van der Waals surface area contributed by atoms with Crippen LogP contribution in [0.3, 0.4) is 0 Å². The zero-order valence-electron chi connectivity index (χ0n) is 14.1.